The first-order chi connectivity index (χ1) is 12.2. The monoisotopic (exact) mass is 343 g/mol. The summed E-state index contributed by atoms with van der Waals surface area (Å²) in [5, 5.41) is 8.32. The van der Waals surface area contributed by atoms with E-state index in [1.165, 1.54) is 0 Å². The molecule has 0 radical (unpaired) electrons. The van der Waals surface area contributed by atoms with Gasteiger partial charge < -0.3 is 4.52 Å². The van der Waals surface area contributed by atoms with Gasteiger partial charge in [-0.1, -0.05) is 11.2 Å². The molecule has 1 aliphatic rings. The van der Waals surface area contributed by atoms with Crippen molar-refractivity contribution >= 4 is 5.65 Å². The summed E-state index contributed by atoms with van der Waals surface area (Å²) in [6.07, 6.45) is 1.75. The van der Waals surface area contributed by atoms with E-state index in [1.54, 1.807) is 22.2 Å². The first-order valence-electron chi connectivity index (χ1n) is 8.47. The highest BCUT2D eigenvalue weighted by Gasteiger charge is 2.19. The lowest BCUT2D eigenvalue weighted by Crippen LogP contribution is -2.47. The van der Waals surface area contributed by atoms with E-state index in [0.29, 0.717) is 18.1 Å². The van der Waals surface area contributed by atoms with Gasteiger partial charge in [0.05, 0.1) is 13.1 Å². The number of hydrogen-bond donors (Lipinski definition) is 0. The standard InChI is InChI=1S/C16H21N7O2/c1-13-17-14(19-25-13)12-21-8-6-20(7-9-21)10-11-23-16(24)22-5-3-2-4-15(22)18-23/h2-5H,6-12H2,1H3. The van der Waals surface area contributed by atoms with Crippen LogP contribution in [0.2, 0.25) is 0 Å². The molecule has 25 heavy (non-hydrogen) atoms. The van der Waals surface area contributed by atoms with Crippen molar-refractivity contribution < 1.29 is 4.52 Å². The highest BCUT2D eigenvalue weighted by atomic mass is 16.5. The molecule has 0 aliphatic carbocycles. The van der Waals surface area contributed by atoms with Crippen LogP contribution in [0.4, 0.5) is 0 Å². The maximum Gasteiger partial charge on any atom is 0.350 e. The first kappa shape index (κ1) is 16.0. The quantitative estimate of drug-likeness (QED) is 0.645. The van der Waals surface area contributed by atoms with Gasteiger partial charge in [-0.05, 0) is 12.1 Å². The summed E-state index contributed by atoms with van der Waals surface area (Å²) in [5.74, 6) is 1.34. The van der Waals surface area contributed by atoms with Crippen molar-refractivity contribution in [1.29, 1.82) is 0 Å². The maximum absolute atomic E-state index is 12.3. The minimum Gasteiger partial charge on any atom is -0.340 e. The summed E-state index contributed by atoms with van der Waals surface area (Å²) >= 11 is 0. The van der Waals surface area contributed by atoms with E-state index in [2.05, 4.69) is 25.0 Å². The minimum absolute atomic E-state index is 0.0817. The van der Waals surface area contributed by atoms with E-state index >= 15 is 0 Å². The Labute approximate surface area is 144 Å². The Bertz CT molecular complexity index is 904. The summed E-state index contributed by atoms with van der Waals surface area (Å²) in [7, 11) is 0. The molecule has 0 unspecified atom stereocenters. The van der Waals surface area contributed by atoms with Gasteiger partial charge in [0.15, 0.2) is 11.5 Å². The smallest absolute Gasteiger partial charge is 0.340 e. The molecular formula is C16H21N7O2. The number of hydrogen-bond acceptors (Lipinski definition) is 7. The van der Waals surface area contributed by atoms with Gasteiger partial charge in [0.1, 0.15) is 0 Å². The Morgan fingerprint density at radius 2 is 1.92 bits per heavy atom. The Balaban J connectivity index is 1.30. The largest absolute Gasteiger partial charge is 0.350 e. The molecule has 1 saturated heterocycles. The normalized spacial score (nSPS) is 16.7. The van der Waals surface area contributed by atoms with E-state index in [4.69, 9.17) is 4.52 Å². The second kappa shape index (κ2) is 6.77. The number of fused-ring (bicyclic) bond motifs is 1. The van der Waals surface area contributed by atoms with Crippen molar-refractivity contribution in [3.05, 3.63) is 46.6 Å². The number of piperazine rings is 1. The van der Waals surface area contributed by atoms with Gasteiger partial charge in [-0.25, -0.2) is 9.48 Å². The second-order valence-electron chi connectivity index (χ2n) is 6.28. The van der Waals surface area contributed by atoms with Crippen LogP contribution in [0.15, 0.2) is 33.7 Å². The molecule has 4 rings (SSSR count). The number of rotatable bonds is 5. The minimum atomic E-state index is -0.0817. The SMILES string of the molecule is Cc1nc(CN2CCN(CCn3nc4ccccn4c3=O)CC2)no1. The van der Waals surface area contributed by atoms with Crippen LogP contribution in [0.1, 0.15) is 11.7 Å². The molecule has 0 atom stereocenters. The maximum atomic E-state index is 12.3. The summed E-state index contributed by atoms with van der Waals surface area (Å²) in [5.41, 5.74) is 0.606. The highest BCUT2D eigenvalue weighted by molar-refractivity contribution is 5.35. The van der Waals surface area contributed by atoms with Gasteiger partial charge in [0.25, 0.3) is 0 Å². The van der Waals surface area contributed by atoms with Crippen molar-refractivity contribution in [2.24, 2.45) is 0 Å². The van der Waals surface area contributed by atoms with Gasteiger partial charge >= 0.3 is 5.69 Å². The first-order valence-corrected chi connectivity index (χ1v) is 8.47. The zero-order valence-corrected chi connectivity index (χ0v) is 14.2. The van der Waals surface area contributed by atoms with Crippen molar-refractivity contribution in [3.8, 4) is 0 Å². The van der Waals surface area contributed by atoms with Crippen molar-refractivity contribution in [3.63, 3.8) is 0 Å². The molecule has 132 valence electrons. The summed E-state index contributed by atoms with van der Waals surface area (Å²) in [4.78, 5) is 21.2. The van der Waals surface area contributed by atoms with Gasteiger partial charge in [-0.15, -0.1) is 5.10 Å². The highest BCUT2D eigenvalue weighted by Crippen LogP contribution is 2.06. The molecule has 3 aromatic rings. The number of pyridine rings is 1. The van der Waals surface area contributed by atoms with Crippen LogP contribution < -0.4 is 5.69 Å². The number of aryl methyl sites for hydroxylation is 1. The molecule has 0 saturated carbocycles. The van der Waals surface area contributed by atoms with Crippen molar-refractivity contribution in [2.45, 2.75) is 20.0 Å². The van der Waals surface area contributed by atoms with Crippen LogP contribution in [0.3, 0.4) is 0 Å². The van der Waals surface area contributed by atoms with E-state index in [-0.39, 0.29) is 5.69 Å². The molecule has 9 heteroatoms. The lowest BCUT2D eigenvalue weighted by Gasteiger charge is -2.33. The fourth-order valence-corrected chi connectivity index (χ4v) is 3.13. The van der Waals surface area contributed by atoms with E-state index in [0.717, 1.165) is 45.1 Å². The lowest BCUT2D eigenvalue weighted by molar-refractivity contribution is 0.120. The van der Waals surface area contributed by atoms with Gasteiger partial charge in [-0.3, -0.25) is 14.2 Å². The third-order valence-corrected chi connectivity index (χ3v) is 4.52. The molecule has 1 aliphatic heterocycles. The molecule has 0 N–H and O–H groups in total. The van der Waals surface area contributed by atoms with E-state index in [1.807, 2.05) is 18.2 Å². The Morgan fingerprint density at radius 3 is 2.64 bits per heavy atom. The molecule has 1 fully saturated rings. The van der Waals surface area contributed by atoms with Gasteiger partial charge in [0, 0.05) is 45.8 Å². The third kappa shape index (κ3) is 3.47. The number of aromatic nitrogens is 5. The van der Waals surface area contributed by atoms with Crippen LogP contribution in [0.5, 0.6) is 0 Å². The van der Waals surface area contributed by atoms with Gasteiger partial charge in [0.2, 0.25) is 5.89 Å². The molecule has 3 aromatic heterocycles. The second-order valence-corrected chi connectivity index (χ2v) is 6.28. The lowest BCUT2D eigenvalue weighted by atomic mass is 10.3. The molecule has 0 spiro atoms. The molecule has 0 amide bonds. The summed E-state index contributed by atoms with van der Waals surface area (Å²) in [6.45, 7) is 7.76. The van der Waals surface area contributed by atoms with Crippen LogP contribution in [-0.4, -0.2) is 66.8 Å². The van der Waals surface area contributed by atoms with Crippen molar-refractivity contribution in [2.75, 3.05) is 32.7 Å². The predicted molar refractivity (Wildman–Crippen MR) is 90.2 cm³/mol. The third-order valence-electron chi connectivity index (χ3n) is 4.52. The predicted octanol–water partition coefficient (Wildman–Crippen LogP) is 0.00522. The van der Waals surface area contributed by atoms with Crippen molar-refractivity contribution in [1.82, 2.24) is 34.1 Å². The van der Waals surface area contributed by atoms with Crippen LogP contribution >= 0.6 is 0 Å². The van der Waals surface area contributed by atoms with E-state index in [9.17, 15) is 4.79 Å². The van der Waals surface area contributed by atoms with Crippen LogP contribution in [0.25, 0.3) is 5.65 Å². The molecule has 0 bridgehead atoms. The molecule has 4 heterocycles. The van der Waals surface area contributed by atoms with Gasteiger partial charge in [-0.2, -0.15) is 4.98 Å². The molecule has 9 nitrogen and oxygen atoms in total. The van der Waals surface area contributed by atoms with E-state index < -0.39 is 0 Å². The number of nitrogens with zero attached hydrogens (tertiary/aromatic N) is 7. The molecule has 0 aromatic carbocycles. The topological polar surface area (TPSA) is 84.7 Å². The summed E-state index contributed by atoms with van der Waals surface area (Å²) < 4.78 is 8.13. The Kier molecular flexibility index (Phi) is 4.33. The Morgan fingerprint density at radius 1 is 1.12 bits per heavy atom. The fourth-order valence-electron chi connectivity index (χ4n) is 3.13. The zero-order chi connectivity index (χ0) is 17.2. The average molecular weight is 343 g/mol. The Hall–Kier alpha value is -2.52. The molecular weight excluding hydrogens is 322 g/mol. The van der Waals surface area contributed by atoms with Crippen LogP contribution in [-0.2, 0) is 13.1 Å². The average Bonchev–Trinajstić information content (AvgIpc) is 3.18. The van der Waals surface area contributed by atoms with Crippen LogP contribution in [0, 0.1) is 6.92 Å². The summed E-state index contributed by atoms with van der Waals surface area (Å²) in [6, 6.07) is 5.57. The fraction of sp³-hybridized carbons (Fsp3) is 0.500. The zero-order valence-electron chi connectivity index (χ0n) is 14.2.